The Labute approximate surface area is 180 Å². The van der Waals surface area contributed by atoms with Crippen molar-refractivity contribution in [3.63, 3.8) is 0 Å². The fourth-order valence-corrected chi connectivity index (χ4v) is 4.17. The predicted octanol–water partition coefficient (Wildman–Crippen LogP) is 5.37. The number of methoxy groups -OCH3 is 1. The molecule has 1 aliphatic rings. The van der Waals surface area contributed by atoms with Crippen molar-refractivity contribution in [1.82, 2.24) is 4.90 Å². The molecule has 0 bridgehead atoms. The van der Waals surface area contributed by atoms with Crippen molar-refractivity contribution >= 4 is 28.9 Å². The highest BCUT2D eigenvalue weighted by molar-refractivity contribution is 8.18. The van der Waals surface area contributed by atoms with E-state index >= 15 is 0 Å². The zero-order valence-corrected chi connectivity index (χ0v) is 17.5. The maximum atomic E-state index is 13.3. The second kappa shape index (κ2) is 9.46. The van der Waals surface area contributed by atoms with Gasteiger partial charge in [-0.3, -0.25) is 14.7 Å². The van der Waals surface area contributed by atoms with E-state index in [2.05, 4.69) is 0 Å². The smallest absolute Gasteiger partial charge is 0.267 e. The first kappa shape index (κ1) is 20.0. The van der Waals surface area contributed by atoms with E-state index in [4.69, 9.17) is 9.73 Å². The van der Waals surface area contributed by atoms with Crippen molar-refractivity contribution < 1.29 is 9.53 Å². The van der Waals surface area contributed by atoms with Crippen LogP contribution in [0.4, 0.5) is 0 Å². The van der Waals surface area contributed by atoms with Crippen LogP contribution in [0.15, 0.2) is 94.8 Å². The van der Waals surface area contributed by atoms with Crippen molar-refractivity contribution in [3.05, 3.63) is 107 Å². The number of amidine groups is 1. The first-order valence-corrected chi connectivity index (χ1v) is 10.5. The van der Waals surface area contributed by atoms with Gasteiger partial charge in [0.1, 0.15) is 5.75 Å². The summed E-state index contributed by atoms with van der Waals surface area (Å²) in [7, 11) is 1.63. The van der Waals surface area contributed by atoms with Gasteiger partial charge in [-0.1, -0.05) is 78.9 Å². The molecule has 1 aliphatic heterocycles. The first-order valence-electron chi connectivity index (χ1n) is 9.71. The Hall–Kier alpha value is -3.31. The summed E-state index contributed by atoms with van der Waals surface area (Å²) in [6.45, 7) is 1.02. The van der Waals surface area contributed by atoms with E-state index in [-0.39, 0.29) is 5.91 Å². The highest BCUT2D eigenvalue weighted by Crippen LogP contribution is 2.35. The van der Waals surface area contributed by atoms with Gasteiger partial charge in [-0.05, 0) is 35.0 Å². The van der Waals surface area contributed by atoms with Crippen LogP contribution in [0.25, 0.3) is 6.08 Å². The van der Waals surface area contributed by atoms with Gasteiger partial charge >= 0.3 is 0 Å². The summed E-state index contributed by atoms with van der Waals surface area (Å²) < 4.78 is 5.44. The lowest BCUT2D eigenvalue weighted by molar-refractivity contribution is -0.122. The summed E-state index contributed by atoms with van der Waals surface area (Å²) in [5, 5.41) is 0.717. The molecule has 0 saturated carbocycles. The summed E-state index contributed by atoms with van der Waals surface area (Å²) >= 11 is 1.41. The van der Waals surface area contributed by atoms with Crippen LogP contribution in [0.5, 0.6) is 5.75 Å². The van der Waals surface area contributed by atoms with Crippen LogP contribution in [0, 0.1) is 0 Å². The van der Waals surface area contributed by atoms with Gasteiger partial charge in [0.25, 0.3) is 5.91 Å². The first-order chi connectivity index (χ1) is 14.7. The standard InChI is InChI=1S/C25H22N2O2S/c1-29-22-15-9-8-14-21(22)16-23-24(28)27(18-20-12-6-3-7-13-20)25(30-23)26-17-19-10-4-2-5-11-19/h2-16H,17-18H2,1H3. The minimum Gasteiger partial charge on any atom is -0.496 e. The Balaban J connectivity index is 1.65. The Kier molecular flexibility index (Phi) is 6.30. The van der Waals surface area contributed by atoms with Gasteiger partial charge in [0.2, 0.25) is 0 Å². The van der Waals surface area contributed by atoms with Crippen molar-refractivity contribution in [2.45, 2.75) is 13.1 Å². The van der Waals surface area contributed by atoms with Crippen LogP contribution < -0.4 is 4.74 Å². The number of thioether (sulfide) groups is 1. The normalized spacial score (nSPS) is 16.4. The van der Waals surface area contributed by atoms with E-state index in [0.717, 1.165) is 22.4 Å². The number of amides is 1. The molecule has 4 nitrogen and oxygen atoms in total. The molecule has 4 rings (SSSR count). The molecule has 3 aromatic rings. The molecule has 1 heterocycles. The Morgan fingerprint density at radius 1 is 0.900 bits per heavy atom. The molecule has 1 amide bonds. The molecule has 0 spiro atoms. The molecule has 150 valence electrons. The van der Waals surface area contributed by atoms with E-state index in [0.29, 0.717) is 23.2 Å². The number of aliphatic imine (C=N–C) groups is 1. The van der Waals surface area contributed by atoms with Crippen LogP contribution in [-0.4, -0.2) is 23.1 Å². The lowest BCUT2D eigenvalue weighted by atomic mass is 10.1. The average Bonchev–Trinajstić information content (AvgIpc) is 3.08. The van der Waals surface area contributed by atoms with Crippen molar-refractivity contribution in [2.75, 3.05) is 7.11 Å². The van der Waals surface area contributed by atoms with Crippen molar-refractivity contribution in [1.29, 1.82) is 0 Å². The van der Waals surface area contributed by atoms with E-state index in [1.165, 1.54) is 11.8 Å². The lowest BCUT2D eigenvalue weighted by Gasteiger charge is -2.15. The van der Waals surface area contributed by atoms with Gasteiger partial charge in [0, 0.05) is 5.56 Å². The molecule has 30 heavy (non-hydrogen) atoms. The monoisotopic (exact) mass is 414 g/mol. The average molecular weight is 415 g/mol. The molecule has 0 unspecified atom stereocenters. The number of ether oxygens (including phenoxy) is 1. The summed E-state index contributed by atoms with van der Waals surface area (Å²) in [6.07, 6.45) is 1.88. The largest absolute Gasteiger partial charge is 0.496 e. The molecule has 1 fully saturated rings. The van der Waals surface area contributed by atoms with E-state index in [9.17, 15) is 4.79 Å². The number of benzene rings is 3. The topological polar surface area (TPSA) is 41.9 Å². The zero-order valence-electron chi connectivity index (χ0n) is 16.7. The molecule has 0 atom stereocenters. The Morgan fingerprint density at radius 2 is 1.53 bits per heavy atom. The van der Waals surface area contributed by atoms with Crippen LogP contribution in [0.3, 0.4) is 0 Å². The van der Waals surface area contributed by atoms with Crippen LogP contribution >= 0.6 is 11.8 Å². The fourth-order valence-electron chi connectivity index (χ4n) is 3.20. The number of hydrogen-bond donors (Lipinski definition) is 0. The summed E-state index contributed by atoms with van der Waals surface area (Å²) in [5.41, 5.74) is 3.05. The van der Waals surface area contributed by atoms with E-state index < -0.39 is 0 Å². The Bertz CT molecular complexity index is 1080. The number of carbonyl (C=O) groups excluding carboxylic acids is 1. The van der Waals surface area contributed by atoms with Gasteiger partial charge in [0.15, 0.2) is 5.17 Å². The molecule has 1 saturated heterocycles. The molecular weight excluding hydrogens is 392 g/mol. The van der Waals surface area contributed by atoms with Gasteiger partial charge < -0.3 is 4.74 Å². The maximum Gasteiger partial charge on any atom is 0.267 e. The highest BCUT2D eigenvalue weighted by atomic mass is 32.2. The van der Waals surface area contributed by atoms with Gasteiger partial charge in [-0.15, -0.1) is 0 Å². The van der Waals surface area contributed by atoms with Gasteiger partial charge in [0.05, 0.1) is 25.1 Å². The third kappa shape index (κ3) is 4.63. The number of para-hydroxylation sites is 1. The van der Waals surface area contributed by atoms with Crippen molar-refractivity contribution in [2.24, 2.45) is 4.99 Å². The maximum absolute atomic E-state index is 13.3. The molecular formula is C25H22N2O2S. The summed E-state index contributed by atoms with van der Waals surface area (Å²) in [4.78, 5) is 20.4. The Morgan fingerprint density at radius 3 is 2.23 bits per heavy atom. The second-order valence-corrected chi connectivity index (χ2v) is 7.82. The molecule has 5 heteroatoms. The predicted molar refractivity (Wildman–Crippen MR) is 123 cm³/mol. The minimum absolute atomic E-state index is 0.0402. The van der Waals surface area contributed by atoms with Crippen LogP contribution in [0.1, 0.15) is 16.7 Å². The van der Waals surface area contributed by atoms with Crippen LogP contribution in [-0.2, 0) is 17.9 Å². The second-order valence-electron chi connectivity index (χ2n) is 6.81. The SMILES string of the molecule is COc1ccccc1C=C1SC(=NCc2ccccc2)N(Cc2ccccc2)C1=O. The van der Waals surface area contributed by atoms with E-state index in [1.54, 1.807) is 12.0 Å². The fraction of sp³-hybridized carbons (Fsp3) is 0.120. The molecule has 0 radical (unpaired) electrons. The van der Waals surface area contributed by atoms with Gasteiger partial charge in [-0.2, -0.15) is 0 Å². The van der Waals surface area contributed by atoms with Gasteiger partial charge in [-0.25, -0.2) is 0 Å². The third-order valence-electron chi connectivity index (χ3n) is 4.74. The number of carbonyl (C=O) groups is 1. The lowest BCUT2D eigenvalue weighted by Crippen LogP contribution is -2.28. The zero-order chi connectivity index (χ0) is 20.8. The number of nitrogens with zero attached hydrogens (tertiary/aromatic N) is 2. The number of rotatable bonds is 6. The molecule has 3 aromatic carbocycles. The minimum atomic E-state index is -0.0402. The van der Waals surface area contributed by atoms with Crippen LogP contribution in [0.2, 0.25) is 0 Å². The van der Waals surface area contributed by atoms with E-state index in [1.807, 2.05) is 91.0 Å². The highest BCUT2D eigenvalue weighted by Gasteiger charge is 2.33. The molecule has 0 N–H and O–H groups in total. The quantitative estimate of drug-likeness (QED) is 0.510. The van der Waals surface area contributed by atoms with Crippen molar-refractivity contribution in [3.8, 4) is 5.75 Å². The summed E-state index contributed by atoms with van der Waals surface area (Å²) in [5.74, 6) is 0.698. The summed E-state index contributed by atoms with van der Waals surface area (Å²) in [6, 6.07) is 27.7. The number of hydrogen-bond acceptors (Lipinski definition) is 4. The molecule has 0 aliphatic carbocycles. The molecule has 0 aromatic heterocycles. The third-order valence-corrected chi connectivity index (χ3v) is 5.78.